The van der Waals surface area contributed by atoms with Gasteiger partial charge in [-0.15, -0.1) is 0 Å². The van der Waals surface area contributed by atoms with Gasteiger partial charge in [0.15, 0.2) is 0 Å². The SMILES string of the molecule is CC(O)(CN1CCN(C(=O)O)CC1)Cn1cc([N+](=O)[O-])nc1Sc1ccc([N+](=O)[O-])cc1. The second-order valence-corrected chi connectivity index (χ2v) is 8.70. The Morgan fingerprint density at radius 1 is 1.12 bits per heavy atom. The number of rotatable bonds is 8. The maximum Gasteiger partial charge on any atom is 0.407 e. The Morgan fingerprint density at radius 3 is 2.28 bits per heavy atom. The van der Waals surface area contributed by atoms with Gasteiger partial charge < -0.3 is 25.2 Å². The predicted molar refractivity (Wildman–Crippen MR) is 113 cm³/mol. The number of piperazine rings is 1. The molecule has 2 heterocycles. The zero-order valence-corrected chi connectivity index (χ0v) is 18.0. The summed E-state index contributed by atoms with van der Waals surface area (Å²) < 4.78 is 1.48. The van der Waals surface area contributed by atoms with Gasteiger partial charge in [-0.2, -0.15) is 0 Å². The quantitative estimate of drug-likeness (QED) is 0.433. The number of non-ortho nitro benzene ring substituents is 1. The smallest absolute Gasteiger partial charge is 0.407 e. The van der Waals surface area contributed by atoms with Crippen LogP contribution in [0.5, 0.6) is 0 Å². The third-order valence-electron chi connectivity index (χ3n) is 4.89. The molecule has 172 valence electrons. The first kappa shape index (κ1) is 23.4. The minimum atomic E-state index is -1.27. The molecule has 1 fully saturated rings. The van der Waals surface area contributed by atoms with E-state index in [1.807, 2.05) is 4.90 Å². The summed E-state index contributed by atoms with van der Waals surface area (Å²) in [6, 6.07) is 5.70. The van der Waals surface area contributed by atoms with Crippen LogP contribution in [0.25, 0.3) is 0 Å². The Labute approximate surface area is 186 Å². The van der Waals surface area contributed by atoms with Gasteiger partial charge in [0.2, 0.25) is 0 Å². The van der Waals surface area contributed by atoms with Crippen molar-refractivity contribution in [2.24, 2.45) is 0 Å². The fourth-order valence-corrected chi connectivity index (χ4v) is 4.26. The van der Waals surface area contributed by atoms with Gasteiger partial charge in [0.05, 0.1) is 17.1 Å². The summed E-state index contributed by atoms with van der Waals surface area (Å²) in [6.45, 7) is 3.47. The van der Waals surface area contributed by atoms with Crippen LogP contribution in [0, 0.1) is 20.2 Å². The van der Waals surface area contributed by atoms with Crippen LogP contribution in [0.1, 0.15) is 6.92 Å². The Bertz CT molecular complexity index is 1000. The first-order valence-corrected chi connectivity index (χ1v) is 10.4. The maximum absolute atomic E-state index is 11.2. The van der Waals surface area contributed by atoms with Gasteiger partial charge in [-0.05, 0) is 40.7 Å². The zero-order valence-electron chi connectivity index (χ0n) is 17.2. The number of hydrogen-bond acceptors (Lipinski definition) is 9. The molecule has 3 rings (SSSR count). The molecule has 0 spiro atoms. The largest absolute Gasteiger partial charge is 0.465 e. The molecule has 1 atom stereocenters. The van der Waals surface area contributed by atoms with Crippen molar-refractivity contribution in [2.75, 3.05) is 32.7 Å². The summed E-state index contributed by atoms with van der Waals surface area (Å²) in [6.07, 6.45) is 0.264. The van der Waals surface area contributed by atoms with E-state index in [1.165, 1.54) is 39.9 Å². The molecule has 1 amide bonds. The number of aliphatic hydroxyl groups is 1. The minimum absolute atomic E-state index is 0.0162. The second kappa shape index (κ2) is 9.50. The van der Waals surface area contributed by atoms with Gasteiger partial charge in [0.25, 0.3) is 10.8 Å². The molecule has 1 saturated heterocycles. The lowest BCUT2D eigenvalue weighted by atomic mass is 10.1. The Balaban J connectivity index is 1.72. The summed E-state index contributed by atoms with van der Waals surface area (Å²) in [4.78, 5) is 39.8. The fraction of sp³-hybridized carbons (Fsp3) is 0.444. The molecule has 13 nitrogen and oxygen atoms in total. The molecule has 14 heteroatoms. The average molecular weight is 466 g/mol. The van der Waals surface area contributed by atoms with E-state index in [0.717, 1.165) is 11.8 Å². The van der Waals surface area contributed by atoms with Crippen LogP contribution in [-0.4, -0.2) is 83.8 Å². The van der Waals surface area contributed by atoms with E-state index in [2.05, 4.69) is 4.98 Å². The Hall–Kier alpha value is -3.23. The summed E-state index contributed by atoms with van der Waals surface area (Å²) in [5, 5.41) is 42.3. The number of nitrogens with zero attached hydrogens (tertiary/aromatic N) is 6. The van der Waals surface area contributed by atoms with Crippen LogP contribution in [-0.2, 0) is 6.54 Å². The predicted octanol–water partition coefficient (Wildman–Crippen LogP) is 1.90. The number of carboxylic acid groups (broad SMARTS) is 1. The van der Waals surface area contributed by atoms with E-state index in [0.29, 0.717) is 31.1 Å². The summed E-state index contributed by atoms with van der Waals surface area (Å²) >= 11 is 1.09. The third-order valence-corrected chi connectivity index (χ3v) is 5.91. The Kier molecular flexibility index (Phi) is 6.96. The van der Waals surface area contributed by atoms with Crippen molar-refractivity contribution in [3.05, 3.63) is 50.7 Å². The van der Waals surface area contributed by atoms with Gasteiger partial charge in [0, 0.05) is 49.8 Å². The highest BCUT2D eigenvalue weighted by Crippen LogP contribution is 2.31. The van der Waals surface area contributed by atoms with Crippen molar-refractivity contribution in [3.63, 3.8) is 0 Å². The molecule has 0 aliphatic carbocycles. The third kappa shape index (κ3) is 5.93. The second-order valence-electron chi connectivity index (χ2n) is 7.66. The molecular weight excluding hydrogens is 444 g/mol. The number of nitro groups is 2. The normalized spacial score (nSPS) is 16.5. The lowest BCUT2D eigenvalue weighted by Gasteiger charge is -2.37. The minimum Gasteiger partial charge on any atom is -0.465 e. The number of aromatic nitrogens is 2. The molecule has 2 aromatic rings. The van der Waals surface area contributed by atoms with Crippen molar-refractivity contribution < 1.29 is 24.9 Å². The molecule has 0 saturated carbocycles. The maximum atomic E-state index is 11.2. The van der Waals surface area contributed by atoms with E-state index < -0.39 is 21.5 Å². The highest BCUT2D eigenvalue weighted by molar-refractivity contribution is 7.99. The van der Waals surface area contributed by atoms with Gasteiger partial charge in [0.1, 0.15) is 6.20 Å². The van der Waals surface area contributed by atoms with Gasteiger partial charge in [-0.25, -0.2) is 4.79 Å². The van der Waals surface area contributed by atoms with E-state index >= 15 is 0 Å². The van der Waals surface area contributed by atoms with Crippen LogP contribution in [0.3, 0.4) is 0 Å². The number of hydrogen-bond donors (Lipinski definition) is 2. The lowest BCUT2D eigenvalue weighted by molar-refractivity contribution is -0.389. The molecule has 1 aliphatic heterocycles. The number of nitro benzene ring substituents is 1. The average Bonchev–Trinajstić information content (AvgIpc) is 3.10. The van der Waals surface area contributed by atoms with Crippen LogP contribution >= 0.6 is 11.8 Å². The van der Waals surface area contributed by atoms with E-state index in [4.69, 9.17) is 5.11 Å². The molecule has 0 radical (unpaired) electrons. The van der Waals surface area contributed by atoms with Crippen molar-refractivity contribution in [2.45, 2.75) is 29.1 Å². The molecule has 1 unspecified atom stereocenters. The number of benzene rings is 1. The van der Waals surface area contributed by atoms with Crippen LogP contribution in [0.2, 0.25) is 0 Å². The van der Waals surface area contributed by atoms with Crippen molar-refractivity contribution in [3.8, 4) is 0 Å². The highest BCUT2D eigenvalue weighted by atomic mass is 32.2. The molecule has 2 N–H and O–H groups in total. The monoisotopic (exact) mass is 466 g/mol. The topological polar surface area (TPSA) is 168 Å². The Morgan fingerprint density at radius 2 is 1.75 bits per heavy atom. The van der Waals surface area contributed by atoms with E-state index in [9.17, 15) is 30.1 Å². The molecule has 1 aliphatic rings. The first-order valence-electron chi connectivity index (χ1n) is 9.60. The van der Waals surface area contributed by atoms with Crippen LogP contribution in [0.4, 0.5) is 16.3 Å². The van der Waals surface area contributed by atoms with Crippen molar-refractivity contribution >= 4 is 29.4 Å². The van der Waals surface area contributed by atoms with Crippen LogP contribution in [0.15, 0.2) is 40.5 Å². The van der Waals surface area contributed by atoms with Gasteiger partial charge in [-0.1, -0.05) is 0 Å². The van der Waals surface area contributed by atoms with Gasteiger partial charge >= 0.3 is 11.9 Å². The fourth-order valence-electron chi connectivity index (χ4n) is 3.41. The van der Waals surface area contributed by atoms with E-state index in [-0.39, 0.29) is 29.8 Å². The molecule has 32 heavy (non-hydrogen) atoms. The standard InChI is InChI=1S/C18H22N6O7S/c1-18(27,11-20-6-8-21(9-7-20)17(25)26)12-22-10-15(24(30)31)19-16(22)32-14-4-2-13(3-5-14)23(28)29/h2-5,10,27H,6-9,11-12H2,1H3,(H,25,26). The highest BCUT2D eigenvalue weighted by Gasteiger charge is 2.31. The van der Waals surface area contributed by atoms with Crippen molar-refractivity contribution in [1.82, 2.24) is 19.4 Å². The number of amides is 1. The summed E-state index contributed by atoms with van der Waals surface area (Å²) in [5.74, 6) is -0.375. The number of β-amino-alcohol motifs (C(OH)–C–C–N with tert-alkyl or cyclic N) is 1. The first-order chi connectivity index (χ1) is 15.0. The van der Waals surface area contributed by atoms with E-state index in [1.54, 1.807) is 6.92 Å². The number of imidazole rings is 1. The van der Waals surface area contributed by atoms with Gasteiger partial charge in [-0.3, -0.25) is 19.6 Å². The molecular formula is C18H22N6O7S. The van der Waals surface area contributed by atoms with Crippen molar-refractivity contribution in [1.29, 1.82) is 0 Å². The molecule has 0 bridgehead atoms. The molecule has 1 aromatic heterocycles. The molecule has 1 aromatic carbocycles. The summed E-state index contributed by atoms with van der Waals surface area (Å²) in [5.41, 5.74) is -1.35. The van der Waals surface area contributed by atoms with Crippen LogP contribution < -0.4 is 0 Å². The zero-order chi connectivity index (χ0) is 23.5. The summed E-state index contributed by atoms with van der Waals surface area (Å²) in [7, 11) is 0. The number of carbonyl (C=O) groups is 1. The lowest BCUT2D eigenvalue weighted by Crippen LogP contribution is -2.53.